The third-order valence-corrected chi connectivity index (χ3v) is 3.80. The van der Waals surface area contributed by atoms with Crippen LogP contribution in [0.15, 0.2) is 73.3 Å². The van der Waals surface area contributed by atoms with Crippen LogP contribution in [0.25, 0.3) is 0 Å². The predicted molar refractivity (Wildman–Crippen MR) is 82.0 cm³/mol. The standard InChI is InChI=1S/C18H13F3N2O/c19-18(20,21)15-8-6-14(7-9-15)17(24,13-4-2-1-3-5-13)16-10-22-12-23-11-16/h1-12,24H. The lowest BCUT2D eigenvalue weighted by molar-refractivity contribution is -0.137. The topological polar surface area (TPSA) is 46.0 Å². The summed E-state index contributed by atoms with van der Waals surface area (Å²) in [5, 5.41) is 11.4. The summed E-state index contributed by atoms with van der Waals surface area (Å²) in [5.74, 6) is 0. The Morgan fingerprint density at radius 1 is 0.667 bits per heavy atom. The van der Waals surface area contributed by atoms with Crippen molar-refractivity contribution in [1.29, 1.82) is 0 Å². The Hall–Kier alpha value is -2.73. The molecule has 0 aliphatic heterocycles. The average Bonchev–Trinajstić information content (AvgIpc) is 2.62. The van der Waals surface area contributed by atoms with E-state index in [1.165, 1.54) is 30.9 Å². The number of benzene rings is 2. The highest BCUT2D eigenvalue weighted by Crippen LogP contribution is 2.37. The fourth-order valence-corrected chi connectivity index (χ4v) is 2.57. The molecule has 3 rings (SSSR count). The van der Waals surface area contributed by atoms with E-state index >= 15 is 0 Å². The molecule has 0 amide bonds. The summed E-state index contributed by atoms with van der Waals surface area (Å²) in [4.78, 5) is 7.81. The van der Waals surface area contributed by atoms with Crippen LogP contribution in [-0.4, -0.2) is 15.1 Å². The minimum Gasteiger partial charge on any atom is -0.376 e. The number of hydrogen-bond donors (Lipinski definition) is 1. The first-order chi connectivity index (χ1) is 11.4. The van der Waals surface area contributed by atoms with E-state index in [9.17, 15) is 18.3 Å². The van der Waals surface area contributed by atoms with Gasteiger partial charge in [0.25, 0.3) is 0 Å². The van der Waals surface area contributed by atoms with Crippen LogP contribution < -0.4 is 0 Å². The first-order valence-corrected chi connectivity index (χ1v) is 7.13. The van der Waals surface area contributed by atoms with Gasteiger partial charge in [0.15, 0.2) is 0 Å². The quantitative estimate of drug-likeness (QED) is 0.795. The van der Waals surface area contributed by atoms with Gasteiger partial charge in [-0.25, -0.2) is 9.97 Å². The summed E-state index contributed by atoms with van der Waals surface area (Å²) in [6.45, 7) is 0. The molecule has 0 bridgehead atoms. The lowest BCUT2D eigenvalue weighted by Gasteiger charge is -2.29. The van der Waals surface area contributed by atoms with Gasteiger partial charge in [0, 0.05) is 18.0 Å². The molecule has 1 N–H and O–H groups in total. The lowest BCUT2D eigenvalue weighted by atomic mass is 9.81. The van der Waals surface area contributed by atoms with Crippen LogP contribution in [0.1, 0.15) is 22.3 Å². The van der Waals surface area contributed by atoms with Crippen LogP contribution in [0.4, 0.5) is 13.2 Å². The maximum Gasteiger partial charge on any atom is 0.416 e. The maximum atomic E-state index is 12.8. The van der Waals surface area contributed by atoms with Crippen LogP contribution in [0.2, 0.25) is 0 Å². The zero-order valence-corrected chi connectivity index (χ0v) is 12.4. The number of rotatable bonds is 3. The fourth-order valence-electron chi connectivity index (χ4n) is 2.57. The molecule has 0 aliphatic carbocycles. The summed E-state index contributed by atoms with van der Waals surface area (Å²) >= 11 is 0. The highest BCUT2D eigenvalue weighted by Gasteiger charge is 2.36. The third-order valence-electron chi connectivity index (χ3n) is 3.80. The van der Waals surface area contributed by atoms with Gasteiger partial charge in [0.05, 0.1) is 5.56 Å². The average molecular weight is 330 g/mol. The molecular weight excluding hydrogens is 317 g/mol. The Labute approximate surface area is 136 Å². The van der Waals surface area contributed by atoms with E-state index in [1.807, 2.05) is 0 Å². The molecule has 0 fully saturated rings. The SMILES string of the molecule is OC(c1ccccc1)(c1ccc(C(F)(F)F)cc1)c1cncnc1. The van der Waals surface area contributed by atoms with E-state index in [0.717, 1.165) is 12.1 Å². The van der Waals surface area contributed by atoms with Crippen LogP contribution in [0, 0.1) is 0 Å². The molecule has 1 unspecified atom stereocenters. The van der Waals surface area contributed by atoms with E-state index in [1.54, 1.807) is 30.3 Å². The molecule has 122 valence electrons. The van der Waals surface area contributed by atoms with Gasteiger partial charge < -0.3 is 5.11 Å². The van der Waals surface area contributed by atoms with Crippen molar-refractivity contribution in [1.82, 2.24) is 9.97 Å². The van der Waals surface area contributed by atoms with E-state index in [4.69, 9.17) is 0 Å². The van der Waals surface area contributed by atoms with Crippen molar-refractivity contribution in [2.24, 2.45) is 0 Å². The molecule has 0 saturated carbocycles. The maximum absolute atomic E-state index is 12.8. The van der Waals surface area contributed by atoms with Crippen molar-refractivity contribution in [3.05, 3.63) is 95.6 Å². The molecule has 3 nitrogen and oxygen atoms in total. The van der Waals surface area contributed by atoms with Gasteiger partial charge in [-0.2, -0.15) is 13.2 Å². The van der Waals surface area contributed by atoms with Crippen LogP contribution in [-0.2, 0) is 11.8 Å². The zero-order valence-electron chi connectivity index (χ0n) is 12.4. The van der Waals surface area contributed by atoms with Crippen molar-refractivity contribution >= 4 is 0 Å². The van der Waals surface area contributed by atoms with Gasteiger partial charge in [-0.05, 0) is 23.3 Å². The molecule has 1 aromatic heterocycles. The second kappa shape index (κ2) is 6.05. The Bertz CT molecular complexity index is 764. The molecule has 3 aromatic rings. The van der Waals surface area contributed by atoms with E-state index in [2.05, 4.69) is 9.97 Å². The molecule has 0 spiro atoms. The van der Waals surface area contributed by atoms with Crippen molar-refractivity contribution < 1.29 is 18.3 Å². The van der Waals surface area contributed by atoms with Crippen LogP contribution >= 0.6 is 0 Å². The minimum atomic E-state index is -4.43. The van der Waals surface area contributed by atoms with Gasteiger partial charge in [-0.3, -0.25) is 0 Å². The first-order valence-electron chi connectivity index (χ1n) is 7.13. The van der Waals surface area contributed by atoms with E-state index in [-0.39, 0.29) is 0 Å². The zero-order chi connectivity index (χ0) is 17.2. The predicted octanol–water partition coefficient (Wildman–Crippen LogP) is 3.78. The molecule has 6 heteroatoms. The highest BCUT2D eigenvalue weighted by atomic mass is 19.4. The second-order valence-corrected chi connectivity index (χ2v) is 5.28. The van der Waals surface area contributed by atoms with E-state index < -0.39 is 17.3 Å². The number of aliphatic hydroxyl groups is 1. The lowest BCUT2D eigenvalue weighted by Crippen LogP contribution is -2.29. The van der Waals surface area contributed by atoms with Gasteiger partial charge in [-0.15, -0.1) is 0 Å². The number of aromatic nitrogens is 2. The number of hydrogen-bond acceptors (Lipinski definition) is 3. The van der Waals surface area contributed by atoms with Gasteiger partial charge in [0.2, 0.25) is 0 Å². The van der Waals surface area contributed by atoms with Crippen molar-refractivity contribution in [2.45, 2.75) is 11.8 Å². The van der Waals surface area contributed by atoms with Gasteiger partial charge >= 0.3 is 6.18 Å². The Morgan fingerprint density at radius 3 is 1.71 bits per heavy atom. The largest absolute Gasteiger partial charge is 0.416 e. The van der Waals surface area contributed by atoms with Crippen molar-refractivity contribution in [2.75, 3.05) is 0 Å². The summed E-state index contributed by atoms with van der Waals surface area (Å²) in [6, 6.07) is 13.1. The molecule has 0 radical (unpaired) electrons. The molecular formula is C18H13F3N2O. The molecule has 0 saturated heterocycles. The van der Waals surface area contributed by atoms with Crippen molar-refractivity contribution in [3.63, 3.8) is 0 Å². The van der Waals surface area contributed by atoms with Crippen LogP contribution in [0.5, 0.6) is 0 Å². The molecule has 1 heterocycles. The Morgan fingerprint density at radius 2 is 1.17 bits per heavy atom. The Balaban J connectivity index is 2.16. The molecule has 0 aliphatic rings. The molecule has 1 atom stereocenters. The monoisotopic (exact) mass is 330 g/mol. The molecule has 24 heavy (non-hydrogen) atoms. The normalized spacial score (nSPS) is 14.2. The Kier molecular flexibility index (Phi) is 4.07. The summed E-state index contributed by atoms with van der Waals surface area (Å²) < 4.78 is 38.3. The van der Waals surface area contributed by atoms with Gasteiger partial charge in [-0.1, -0.05) is 42.5 Å². The number of alkyl halides is 3. The van der Waals surface area contributed by atoms with Crippen molar-refractivity contribution in [3.8, 4) is 0 Å². The van der Waals surface area contributed by atoms with Gasteiger partial charge in [0.1, 0.15) is 11.9 Å². The first kappa shape index (κ1) is 16.1. The summed E-state index contributed by atoms with van der Waals surface area (Å²) in [5.41, 5.74) is -1.23. The summed E-state index contributed by atoms with van der Waals surface area (Å²) in [7, 11) is 0. The smallest absolute Gasteiger partial charge is 0.376 e. The second-order valence-electron chi connectivity index (χ2n) is 5.28. The summed E-state index contributed by atoms with van der Waals surface area (Å²) in [6.07, 6.45) is -0.226. The van der Waals surface area contributed by atoms with Crippen LogP contribution in [0.3, 0.4) is 0 Å². The minimum absolute atomic E-state index is 0.302. The molecule has 2 aromatic carbocycles. The number of halogens is 3. The fraction of sp³-hybridized carbons (Fsp3) is 0.111. The number of nitrogens with zero attached hydrogens (tertiary/aromatic N) is 2. The third kappa shape index (κ3) is 2.88. The van der Waals surface area contributed by atoms with E-state index in [0.29, 0.717) is 16.7 Å². The highest BCUT2D eigenvalue weighted by molar-refractivity contribution is 5.46.